The molecule has 6 nitrogen and oxygen atoms in total. The SMILES string of the molecule is O=C(O)CCCNC(=O)NCCCOc1ccccc1Cl. The van der Waals surface area contributed by atoms with E-state index in [1.165, 1.54) is 0 Å². The summed E-state index contributed by atoms with van der Waals surface area (Å²) in [5, 5.41) is 14.2. The Bertz CT molecular complexity index is 468. The molecule has 0 spiro atoms. The van der Waals surface area contributed by atoms with Gasteiger partial charge in [0.05, 0.1) is 11.6 Å². The Hall–Kier alpha value is -1.95. The predicted octanol–water partition coefficient (Wildman–Crippen LogP) is 2.27. The summed E-state index contributed by atoms with van der Waals surface area (Å²) in [6.07, 6.45) is 1.11. The number of carbonyl (C=O) groups excluding carboxylic acids is 1. The van der Waals surface area contributed by atoms with Crippen molar-refractivity contribution in [2.45, 2.75) is 19.3 Å². The van der Waals surface area contributed by atoms with E-state index < -0.39 is 5.97 Å². The van der Waals surface area contributed by atoms with E-state index in [0.717, 1.165) is 0 Å². The van der Waals surface area contributed by atoms with Crippen molar-refractivity contribution < 1.29 is 19.4 Å². The highest BCUT2D eigenvalue weighted by molar-refractivity contribution is 6.32. The molecule has 0 aliphatic rings. The summed E-state index contributed by atoms with van der Waals surface area (Å²) in [5.74, 6) is -0.244. The second-order valence-corrected chi connectivity index (χ2v) is 4.72. The van der Waals surface area contributed by atoms with Gasteiger partial charge in [-0.3, -0.25) is 4.79 Å². The lowest BCUT2D eigenvalue weighted by Crippen LogP contribution is -2.37. The van der Waals surface area contributed by atoms with Gasteiger partial charge in [-0.25, -0.2) is 4.79 Å². The van der Waals surface area contributed by atoms with E-state index in [4.69, 9.17) is 21.4 Å². The molecule has 0 aliphatic carbocycles. The molecule has 0 saturated carbocycles. The van der Waals surface area contributed by atoms with Crippen molar-refractivity contribution in [2.24, 2.45) is 0 Å². The smallest absolute Gasteiger partial charge is 0.314 e. The van der Waals surface area contributed by atoms with Crippen molar-refractivity contribution in [1.82, 2.24) is 10.6 Å². The quantitative estimate of drug-likeness (QED) is 0.610. The number of aliphatic carboxylic acids is 1. The van der Waals surface area contributed by atoms with Gasteiger partial charge in [-0.2, -0.15) is 0 Å². The summed E-state index contributed by atoms with van der Waals surface area (Å²) in [6, 6.07) is 6.89. The zero-order valence-electron chi connectivity index (χ0n) is 11.6. The number of amides is 2. The Morgan fingerprint density at radius 2 is 1.81 bits per heavy atom. The first-order chi connectivity index (χ1) is 10.1. The highest BCUT2D eigenvalue weighted by Gasteiger charge is 2.02. The molecule has 0 heterocycles. The van der Waals surface area contributed by atoms with Crippen molar-refractivity contribution in [1.29, 1.82) is 0 Å². The molecule has 0 unspecified atom stereocenters. The fraction of sp³-hybridized carbons (Fsp3) is 0.429. The van der Waals surface area contributed by atoms with Crippen LogP contribution in [-0.4, -0.2) is 36.8 Å². The summed E-state index contributed by atoms with van der Waals surface area (Å²) in [5.41, 5.74) is 0. The third kappa shape index (κ3) is 8.04. The highest BCUT2D eigenvalue weighted by atomic mass is 35.5. The van der Waals surface area contributed by atoms with E-state index >= 15 is 0 Å². The normalized spacial score (nSPS) is 9.95. The van der Waals surface area contributed by atoms with Crippen LogP contribution in [0.4, 0.5) is 4.79 Å². The molecule has 0 fully saturated rings. The number of para-hydroxylation sites is 1. The highest BCUT2D eigenvalue weighted by Crippen LogP contribution is 2.22. The first-order valence-electron chi connectivity index (χ1n) is 6.70. The van der Waals surface area contributed by atoms with Gasteiger partial charge in [0.1, 0.15) is 5.75 Å². The van der Waals surface area contributed by atoms with Gasteiger partial charge < -0.3 is 20.5 Å². The molecule has 116 valence electrons. The van der Waals surface area contributed by atoms with E-state index in [-0.39, 0.29) is 12.5 Å². The van der Waals surface area contributed by atoms with E-state index in [1.807, 2.05) is 12.1 Å². The van der Waals surface area contributed by atoms with Crippen LogP contribution in [0.1, 0.15) is 19.3 Å². The van der Waals surface area contributed by atoms with Gasteiger partial charge in [0.15, 0.2) is 0 Å². The lowest BCUT2D eigenvalue weighted by molar-refractivity contribution is -0.137. The standard InChI is InChI=1S/C14H19ClN2O4/c15-11-5-1-2-6-12(11)21-10-4-9-17-14(20)16-8-3-7-13(18)19/h1-2,5-6H,3-4,7-10H2,(H,18,19)(H2,16,17,20). The van der Waals surface area contributed by atoms with Crippen LogP contribution >= 0.6 is 11.6 Å². The van der Waals surface area contributed by atoms with Crippen LogP contribution < -0.4 is 15.4 Å². The fourth-order valence-electron chi connectivity index (χ4n) is 1.52. The van der Waals surface area contributed by atoms with E-state index in [9.17, 15) is 9.59 Å². The molecule has 3 N–H and O–H groups in total. The average molecular weight is 315 g/mol. The Kier molecular flexibility index (Phi) is 8.04. The lowest BCUT2D eigenvalue weighted by atomic mass is 10.3. The molecule has 21 heavy (non-hydrogen) atoms. The van der Waals surface area contributed by atoms with E-state index in [0.29, 0.717) is 43.3 Å². The number of benzene rings is 1. The largest absolute Gasteiger partial charge is 0.492 e. The lowest BCUT2D eigenvalue weighted by Gasteiger charge is -2.09. The number of rotatable bonds is 9. The number of urea groups is 1. The third-order valence-electron chi connectivity index (χ3n) is 2.55. The van der Waals surface area contributed by atoms with Gasteiger partial charge in [0.2, 0.25) is 0 Å². The Morgan fingerprint density at radius 1 is 1.14 bits per heavy atom. The maximum absolute atomic E-state index is 11.3. The molecule has 0 aliphatic heterocycles. The maximum Gasteiger partial charge on any atom is 0.314 e. The molecule has 0 bridgehead atoms. The van der Waals surface area contributed by atoms with Crippen LogP contribution in [0.3, 0.4) is 0 Å². The number of hydrogen-bond donors (Lipinski definition) is 3. The molecule has 0 saturated heterocycles. The summed E-state index contributed by atoms with van der Waals surface area (Å²) >= 11 is 5.93. The monoisotopic (exact) mass is 314 g/mol. The molecule has 1 aromatic carbocycles. The molecule has 0 aromatic heterocycles. The van der Waals surface area contributed by atoms with Gasteiger partial charge in [0.25, 0.3) is 0 Å². The van der Waals surface area contributed by atoms with E-state index in [1.54, 1.807) is 12.1 Å². The van der Waals surface area contributed by atoms with Gasteiger partial charge >= 0.3 is 12.0 Å². The molecule has 0 atom stereocenters. The second kappa shape index (κ2) is 9.88. The zero-order chi connectivity index (χ0) is 15.5. The van der Waals surface area contributed by atoms with Gasteiger partial charge in [-0.15, -0.1) is 0 Å². The van der Waals surface area contributed by atoms with Gasteiger partial charge in [-0.1, -0.05) is 23.7 Å². The summed E-state index contributed by atoms with van der Waals surface area (Å²) in [6.45, 7) is 1.26. The minimum Gasteiger partial charge on any atom is -0.492 e. The number of nitrogens with one attached hydrogen (secondary N) is 2. The Morgan fingerprint density at radius 3 is 2.48 bits per heavy atom. The number of hydrogen-bond acceptors (Lipinski definition) is 3. The molecule has 0 radical (unpaired) electrons. The molecule has 7 heteroatoms. The Balaban J connectivity index is 2.02. The van der Waals surface area contributed by atoms with Crippen molar-refractivity contribution in [3.8, 4) is 5.75 Å². The molecule has 1 aromatic rings. The fourth-order valence-corrected chi connectivity index (χ4v) is 1.71. The van der Waals surface area contributed by atoms with Gasteiger partial charge in [-0.05, 0) is 25.0 Å². The van der Waals surface area contributed by atoms with Crippen LogP contribution in [0, 0.1) is 0 Å². The number of carboxylic acids is 1. The molecule has 2 amide bonds. The van der Waals surface area contributed by atoms with Crippen LogP contribution in [0.5, 0.6) is 5.75 Å². The van der Waals surface area contributed by atoms with Crippen LogP contribution in [0.15, 0.2) is 24.3 Å². The van der Waals surface area contributed by atoms with Crippen LogP contribution in [0.25, 0.3) is 0 Å². The number of carbonyl (C=O) groups is 2. The number of halogens is 1. The average Bonchev–Trinajstić information content (AvgIpc) is 2.45. The number of carboxylic acid groups (broad SMARTS) is 1. The topological polar surface area (TPSA) is 87.7 Å². The van der Waals surface area contributed by atoms with Crippen molar-refractivity contribution in [3.63, 3.8) is 0 Å². The van der Waals surface area contributed by atoms with Crippen molar-refractivity contribution in [2.75, 3.05) is 19.7 Å². The van der Waals surface area contributed by atoms with Crippen molar-refractivity contribution >= 4 is 23.6 Å². The first kappa shape index (κ1) is 17.1. The third-order valence-corrected chi connectivity index (χ3v) is 2.87. The molecular formula is C14H19ClN2O4. The minimum absolute atomic E-state index is 0.0476. The first-order valence-corrected chi connectivity index (χ1v) is 7.08. The minimum atomic E-state index is -0.867. The summed E-state index contributed by atoms with van der Waals surface area (Å²) in [4.78, 5) is 21.6. The van der Waals surface area contributed by atoms with E-state index in [2.05, 4.69) is 10.6 Å². The van der Waals surface area contributed by atoms with Crippen molar-refractivity contribution in [3.05, 3.63) is 29.3 Å². The summed E-state index contributed by atoms with van der Waals surface area (Å²) in [7, 11) is 0. The summed E-state index contributed by atoms with van der Waals surface area (Å²) < 4.78 is 5.47. The zero-order valence-corrected chi connectivity index (χ0v) is 12.4. The Labute approximate surface area is 128 Å². The van der Waals surface area contributed by atoms with Gasteiger partial charge in [0, 0.05) is 19.5 Å². The maximum atomic E-state index is 11.3. The predicted molar refractivity (Wildman–Crippen MR) is 79.8 cm³/mol. The van der Waals surface area contributed by atoms with Crippen LogP contribution in [0.2, 0.25) is 5.02 Å². The molecule has 1 rings (SSSR count). The molecular weight excluding hydrogens is 296 g/mol. The second-order valence-electron chi connectivity index (χ2n) is 4.31. The number of ether oxygens (including phenoxy) is 1. The van der Waals surface area contributed by atoms with Crippen LogP contribution in [-0.2, 0) is 4.79 Å².